The fourth-order valence-electron chi connectivity index (χ4n) is 2.85. The molecule has 2 unspecified atom stereocenters. The number of fused-ring (bicyclic) bond motifs is 5. The molecule has 2 aliphatic rings. The largest absolute Gasteiger partial charge is 0.456 e. The maximum absolute atomic E-state index is 5.93. The van der Waals surface area contributed by atoms with Crippen molar-refractivity contribution in [1.82, 2.24) is 0 Å². The van der Waals surface area contributed by atoms with Crippen LogP contribution in [-0.2, 0) is 0 Å². The molecule has 1 aromatic carbocycles. The topological polar surface area (TPSA) is 13.1 Å². The molecule has 17 heavy (non-hydrogen) atoms. The van der Waals surface area contributed by atoms with Crippen LogP contribution in [0.25, 0.3) is 16.5 Å². The smallest absolute Gasteiger partial charge is 0.135 e. The minimum atomic E-state index is 0.743. The summed E-state index contributed by atoms with van der Waals surface area (Å²) < 4.78 is 5.93. The molecule has 1 fully saturated rings. The summed E-state index contributed by atoms with van der Waals surface area (Å²) in [6, 6.07) is 8.40. The van der Waals surface area contributed by atoms with Gasteiger partial charge in [-0.1, -0.05) is 38.1 Å². The summed E-state index contributed by atoms with van der Waals surface area (Å²) >= 11 is 0. The van der Waals surface area contributed by atoms with Crippen LogP contribution in [0, 0.1) is 5.92 Å². The molecule has 1 aromatic heterocycles. The van der Waals surface area contributed by atoms with Crippen molar-refractivity contribution in [3.63, 3.8) is 0 Å². The number of para-hydroxylation sites is 1. The highest BCUT2D eigenvalue weighted by molar-refractivity contribution is 5.89. The zero-order valence-corrected chi connectivity index (χ0v) is 10.7. The molecule has 0 bridgehead atoms. The van der Waals surface area contributed by atoms with Crippen LogP contribution < -0.4 is 0 Å². The second-order valence-corrected chi connectivity index (χ2v) is 4.70. The first kappa shape index (κ1) is 10.6. The Balaban J connectivity index is 0.000000431. The Morgan fingerprint density at radius 3 is 2.76 bits per heavy atom. The van der Waals surface area contributed by atoms with Crippen LogP contribution in [0.15, 0.2) is 34.8 Å². The number of hydrogen-bond acceptors (Lipinski definition) is 1. The first-order chi connectivity index (χ1) is 8.34. The van der Waals surface area contributed by atoms with Gasteiger partial charge >= 0.3 is 0 Å². The Morgan fingerprint density at radius 2 is 1.94 bits per heavy atom. The number of benzene rings is 1. The summed E-state index contributed by atoms with van der Waals surface area (Å²) in [5.74, 6) is 2.67. The first-order valence-electron chi connectivity index (χ1n) is 6.55. The minimum absolute atomic E-state index is 0.743. The van der Waals surface area contributed by atoms with Gasteiger partial charge in [-0.2, -0.15) is 0 Å². The summed E-state index contributed by atoms with van der Waals surface area (Å²) in [6.45, 7) is 6.16. The van der Waals surface area contributed by atoms with E-state index in [0.29, 0.717) is 0 Å². The van der Waals surface area contributed by atoms with E-state index in [1.807, 2.05) is 19.9 Å². The molecule has 88 valence electrons. The van der Waals surface area contributed by atoms with E-state index in [2.05, 4.69) is 31.2 Å². The molecule has 0 saturated heterocycles. The lowest BCUT2D eigenvalue weighted by molar-refractivity contribution is 0.590. The van der Waals surface area contributed by atoms with E-state index < -0.39 is 0 Å². The second-order valence-electron chi connectivity index (χ2n) is 4.70. The number of hydrogen-bond donors (Lipinski definition) is 0. The first-order valence-corrected chi connectivity index (χ1v) is 6.55. The highest BCUT2D eigenvalue weighted by atomic mass is 16.3. The van der Waals surface area contributed by atoms with Crippen molar-refractivity contribution in [3.8, 4) is 0 Å². The SMILES string of the molecule is CC.CC1=CC2CC2c2c1oc1ccccc21. The van der Waals surface area contributed by atoms with E-state index in [9.17, 15) is 0 Å². The van der Waals surface area contributed by atoms with Gasteiger partial charge in [0.1, 0.15) is 11.3 Å². The van der Waals surface area contributed by atoms with Gasteiger partial charge in [-0.15, -0.1) is 0 Å². The van der Waals surface area contributed by atoms with Crippen LogP contribution in [0.5, 0.6) is 0 Å². The fourth-order valence-corrected chi connectivity index (χ4v) is 2.85. The molecule has 0 spiro atoms. The van der Waals surface area contributed by atoms with Crippen LogP contribution in [0.4, 0.5) is 0 Å². The number of rotatable bonds is 0. The predicted octanol–water partition coefficient (Wildman–Crippen LogP) is 4.98. The quantitative estimate of drug-likeness (QED) is 0.617. The number of furan rings is 1. The van der Waals surface area contributed by atoms with Gasteiger partial charge in [-0.3, -0.25) is 0 Å². The van der Waals surface area contributed by atoms with Gasteiger partial charge < -0.3 is 4.42 Å². The van der Waals surface area contributed by atoms with Crippen molar-refractivity contribution in [1.29, 1.82) is 0 Å². The van der Waals surface area contributed by atoms with Crippen molar-refractivity contribution in [2.45, 2.75) is 33.1 Å². The highest BCUT2D eigenvalue weighted by Gasteiger charge is 2.43. The van der Waals surface area contributed by atoms with E-state index in [1.165, 1.54) is 22.9 Å². The molecule has 0 N–H and O–H groups in total. The average Bonchev–Trinajstić information content (AvgIpc) is 3.03. The minimum Gasteiger partial charge on any atom is -0.456 e. The fraction of sp³-hybridized carbons (Fsp3) is 0.375. The molecule has 2 aromatic rings. The zero-order chi connectivity index (χ0) is 12.0. The summed E-state index contributed by atoms with van der Waals surface area (Å²) in [6.07, 6.45) is 3.68. The zero-order valence-electron chi connectivity index (χ0n) is 10.7. The van der Waals surface area contributed by atoms with Crippen LogP contribution in [0.3, 0.4) is 0 Å². The molecule has 1 heterocycles. The van der Waals surface area contributed by atoms with Gasteiger partial charge in [0.05, 0.1) is 0 Å². The Morgan fingerprint density at radius 1 is 1.18 bits per heavy atom. The van der Waals surface area contributed by atoms with Crippen molar-refractivity contribution < 1.29 is 4.42 Å². The van der Waals surface area contributed by atoms with Crippen molar-refractivity contribution >= 4 is 16.5 Å². The molecule has 0 aliphatic heterocycles. The molecule has 1 nitrogen and oxygen atoms in total. The van der Waals surface area contributed by atoms with Crippen LogP contribution in [-0.4, -0.2) is 0 Å². The predicted molar refractivity (Wildman–Crippen MR) is 72.1 cm³/mol. The van der Waals surface area contributed by atoms with E-state index in [0.717, 1.165) is 23.2 Å². The van der Waals surface area contributed by atoms with Gasteiger partial charge in [-0.05, 0) is 36.8 Å². The van der Waals surface area contributed by atoms with Gasteiger partial charge in [0.25, 0.3) is 0 Å². The summed E-state index contributed by atoms with van der Waals surface area (Å²) in [5, 5.41) is 1.33. The molecule has 0 radical (unpaired) electrons. The third-order valence-corrected chi connectivity index (χ3v) is 3.67. The lowest BCUT2D eigenvalue weighted by atomic mass is 9.96. The summed E-state index contributed by atoms with van der Waals surface area (Å²) in [4.78, 5) is 0. The van der Waals surface area contributed by atoms with Crippen molar-refractivity contribution in [2.24, 2.45) is 5.92 Å². The Hall–Kier alpha value is -1.50. The van der Waals surface area contributed by atoms with E-state index in [-0.39, 0.29) is 0 Å². The maximum atomic E-state index is 5.93. The summed E-state index contributed by atoms with van der Waals surface area (Å²) in [7, 11) is 0. The normalized spacial score (nSPS) is 24.3. The average molecular weight is 226 g/mol. The van der Waals surface area contributed by atoms with Crippen LogP contribution in [0.1, 0.15) is 44.4 Å². The second kappa shape index (κ2) is 3.76. The molecule has 0 amide bonds. The molecule has 1 saturated carbocycles. The van der Waals surface area contributed by atoms with Gasteiger partial charge in [0, 0.05) is 10.9 Å². The molecule has 1 heteroatoms. The third-order valence-electron chi connectivity index (χ3n) is 3.67. The molecule has 2 atom stereocenters. The van der Waals surface area contributed by atoms with Crippen molar-refractivity contribution in [3.05, 3.63) is 41.7 Å². The van der Waals surface area contributed by atoms with Gasteiger partial charge in [-0.25, -0.2) is 0 Å². The lowest BCUT2D eigenvalue weighted by Crippen LogP contribution is -1.92. The standard InChI is InChI=1S/C14H12O.C2H6/c1-8-6-9-7-11(9)13-10-4-2-3-5-12(10)15-14(8)13;1-2/h2-6,9,11H,7H2,1H3;1-2H3. The van der Waals surface area contributed by atoms with Gasteiger partial charge in [0.2, 0.25) is 0 Å². The van der Waals surface area contributed by atoms with Crippen LogP contribution in [0.2, 0.25) is 0 Å². The van der Waals surface area contributed by atoms with E-state index >= 15 is 0 Å². The monoisotopic (exact) mass is 226 g/mol. The van der Waals surface area contributed by atoms with E-state index in [4.69, 9.17) is 4.42 Å². The van der Waals surface area contributed by atoms with Gasteiger partial charge in [0.15, 0.2) is 0 Å². The molecular weight excluding hydrogens is 208 g/mol. The molecule has 4 rings (SSSR count). The summed E-state index contributed by atoms with van der Waals surface area (Å²) in [5.41, 5.74) is 3.83. The number of allylic oxidation sites excluding steroid dienone is 2. The highest BCUT2D eigenvalue weighted by Crippen LogP contribution is 2.57. The molecular formula is C16H18O. The Labute approximate surface area is 102 Å². The van der Waals surface area contributed by atoms with Crippen molar-refractivity contribution in [2.75, 3.05) is 0 Å². The Kier molecular flexibility index (Phi) is 2.36. The Bertz CT molecular complexity index is 589. The lowest BCUT2D eigenvalue weighted by Gasteiger charge is -2.07. The van der Waals surface area contributed by atoms with Crippen LogP contribution >= 0.6 is 0 Å². The van der Waals surface area contributed by atoms with E-state index in [1.54, 1.807) is 0 Å². The molecule has 2 aliphatic carbocycles. The third kappa shape index (κ3) is 1.45. The maximum Gasteiger partial charge on any atom is 0.135 e.